The van der Waals surface area contributed by atoms with Gasteiger partial charge in [-0.05, 0) is 30.5 Å². The fourth-order valence-corrected chi connectivity index (χ4v) is 4.30. The zero-order valence-electron chi connectivity index (χ0n) is 13.0. The number of rotatable bonds is 3. The van der Waals surface area contributed by atoms with Gasteiger partial charge in [-0.1, -0.05) is 60.7 Å². The molecule has 0 spiro atoms. The van der Waals surface area contributed by atoms with Crippen molar-refractivity contribution in [2.75, 3.05) is 19.6 Å². The van der Waals surface area contributed by atoms with Crippen molar-refractivity contribution in [3.05, 3.63) is 71.8 Å². The van der Waals surface area contributed by atoms with Crippen LogP contribution in [0, 0.1) is 0 Å². The van der Waals surface area contributed by atoms with E-state index in [0.717, 1.165) is 19.1 Å². The molecule has 0 aliphatic carbocycles. The number of fused-ring (bicyclic) bond motifs is 1. The maximum Gasteiger partial charge on any atom is 0.0333 e. The molecule has 0 bridgehead atoms. The van der Waals surface area contributed by atoms with Gasteiger partial charge in [-0.15, -0.1) is 0 Å². The van der Waals surface area contributed by atoms with E-state index in [4.69, 9.17) is 0 Å². The van der Waals surface area contributed by atoms with E-state index in [1.165, 1.54) is 30.5 Å². The first kappa shape index (κ1) is 14.0. The Morgan fingerprint density at radius 1 is 0.864 bits per heavy atom. The number of piperazine rings is 1. The average Bonchev–Trinajstić information content (AvgIpc) is 3.07. The molecule has 114 valence electrons. The van der Waals surface area contributed by atoms with Crippen LogP contribution in [0.25, 0.3) is 0 Å². The third-order valence-corrected chi connectivity index (χ3v) is 5.28. The SMILES string of the molecule is c1ccc(C(c2ccccc2)[C@@H]2CNC[C@@H]3CCCN32)cc1. The Kier molecular flexibility index (Phi) is 3.96. The Hall–Kier alpha value is -1.64. The Bertz CT molecular complexity index is 556. The zero-order valence-corrected chi connectivity index (χ0v) is 13.0. The number of hydrogen-bond acceptors (Lipinski definition) is 2. The van der Waals surface area contributed by atoms with Crippen LogP contribution in [-0.4, -0.2) is 36.6 Å². The quantitative estimate of drug-likeness (QED) is 0.934. The van der Waals surface area contributed by atoms with E-state index in [1.807, 2.05) is 0 Å². The Morgan fingerprint density at radius 2 is 1.50 bits per heavy atom. The van der Waals surface area contributed by atoms with Gasteiger partial charge < -0.3 is 5.32 Å². The van der Waals surface area contributed by atoms with Crippen LogP contribution in [0.2, 0.25) is 0 Å². The van der Waals surface area contributed by atoms with Gasteiger partial charge in [0.05, 0.1) is 0 Å². The molecule has 2 heteroatoms. The summed E-state index contributed by atoms with van der Waals surface area (Å²) in [5, 5.41) is 3.68. The topological polar surface area (TPSA) is 15.3 Å². The van der Waals surface area contributed by atoms with Crippen LogP contribution in [0.15, 0.2) is 60.7 Å². The van der Waals surface area contributed by atoms with E-state index in [-0.39, 0.29) is 0 Å². The van der Waals surface area contributed by atoms with E-state index < -0.39 is 0 Å². The standard InChI is InChI=1S/C20H24N2/c1-3-8-16(9-4-1)20(17-10-5-2-6-11-17)19-15-21-14-18-12-7-13-22(18)19/h1-6,8-11,18-21H,7,12-15H2/t18-,19-/m0/s1. The highest BCUT2D eigenvalue weighted by Crippen LogP contribution is 2.35. The number of benzene rings is 2. The number of nitrogens with one attached hydrogen (secondary N) is 1. The first-order valence-corrected chi connectivity index (χ1v) is 8.50. The second-order valence-corrected chi connectivity index (χ2v) is 6.56. The van der Waals surface area contributed by atoms with Crippen LogP contribution >= 0.6 is 0 Å². The van der Waals surface area contributed by atoms with Crippen LogP contribution in [-0.2, 0) is 0 Å². The number of nitrogens with zero attached hydrogens (tertiary/aromatic N) is 1. The first-order chi connectivity index (χ1) is 10.9. The highest BCUT2D eigenvalue weighted by atomic mass is 15.3. The summed E-state index contributed by atoms with van der Waals surface area (Å²) in [6.07, 6.45) is 2.69. The van der Waals surface area contributed by atoms with Crippen molar-refractivity contribution in [2.45, 2.75) is 30.8 Å². The monoisotopic (exact) mass is 292 g/mol. The largest absolute Gasteiger partial charge is 0.314 e. The van der Waals surface area contributed by atoms with Crippen molar-refractivity contribution < 1.29 is 0 Å². The molecule has 2 aromatic rings. The van der Waals surface area contributed by atoms with Gasteiger partial charge in [-0.3, -0.25) is 4.90 Å². The van der Waals surface area contributed by atoms with Gasteiger partial charge >= 0.3 is 0 Å². The van der Waals surface area contributed by atoms with E-state index in [1.54, 1.807) is 0 Å². The molecule has 22 heavy (non-hydrogen) atoms. The van der Waals surface area contributed by atoms with Crippen LogP contribution < -0.4 is 5.32 Å². The van der Waals surface area contributed by atoms with Gasteiger partial charge in [-0.2, -0.15) is 0 Å². The smallest absolute Gasteiger partial charge is 0.0333 e. The maximum absolute atomic E-state index is 3.68. The predicted molar refractivity (Wildman–Crippen MR) is 91.1 cm³/mol. The molecule has 0 saturated carbocycles. The summed E-state index contributed by atoms with van der Waals surface area (Å²) in [5.74, 6) is 0.454. The molecule has 0 radical (unpaired) electrons. The molecule has 0 unspecified atom stereocenters. The van der Waals surface area contributed by atoms with Gasteiger partial charge in [-0.25, -0.2) is 0 Å². The molecule has 2 atom stereocenters. The third kappa shape index (κ3) is 2.57. The third-order valence-electron chi connectivity index (χ3n) is 5.28. The van der Waals surface area contributed by atoms with E-state index in [0.29, 0.717) is 12.0 Å². The van der Waals surface area contributed by atoms with Crippen molar-refractivity contribution in [2.24, 2.45) is 0 Å². The van der Waals surface area contributed by atoms with Gasteiger partial charge in [0.2, 0.25) is 0 Å². The Labute approximate surface area is 133 Å². The Morgan fingerprint density at radius 3 is 2.14 bits per heavy atom. The lowest BCUT2D eigenvalue weighted by atomic mass is 9.83. The highest BCUT2D eigenvalue weighted by molar-refractivity contribution is 5.35. The predicted octanol–water partition coefficient (Wildman–Crippen LogP) is 3.25. The van der Waals surface area contributed by atoms with Crippen molar-refractivity contribution in [1.82, 2.24) is 10.2 Å². The normalized spacial score (nSPS) is 25.3. The minimum Gasteiger partial charge on any atom is -0.314 e. The molecule has 1 N–H and O–H groups in total. The van der Waals surface area contributed by atoms with Crippen molar-refractivity contribution in [1.29, 1.82) is 0 Å². The first-order valence-electron chi connectivity index (χ1n) is 8.50. The molecule has 2 nitrogen and oxygen atoms in total. The summed E-state index contributed by atoms with van der Waals surface area (Å²) < 4.78 is 0. The fraction of sp³-hybridized carbons (Fsp3) is 0.400. The molecule has 2 fully saturated rings. The molecule has 0 aromatic heterocycles. The van der Waals surface area contributed by atoms with Crippen molar-refractivity contribution >= 4 is 0 Å². The summed E-state index contributed by atoms with van der Waals surface area (Å²) in [7, 11) is 0. The molecule has 2 aliphatic rings. The van der Waals surface area contributed by atoms with Crippen molar-refractivity contribution in [3.63, 3.8) is 0 Å². The summed E-state index contributed by atoms with van der Waals surface area (Å²) in [4.78, 5) is 2.77. The van der Waals surface area contributed by atoms with E-state index >= 15 is 0 Å². The summed E-state index contributed by atoms with van der Waals surface area (Å²) in [6.45, 7) is 3.50. The molecule has 0 amide bonds. The van der Waals surface area contributed by atoms with E-state index in [9.17, 15) is 0 Å². The lowest BCUT2D eigenvalue weighted by Crippen LogP contribution is -2.56. The Balaban J connectivity index is 1.74. The zero-order chi connectivity index (χ0) is 14.8. The van der Waals surface area contributed by atoms with Gasteiger partial charge in [0, 0.05) is 31.1 Å². The highest BCUT2D eigenvalue weighted by Gasteiger charge is 2.38. The van der Waals surface area contributed by atoms with Gasteiger partial charge in [0.1, 0.15) is 0 Å². The lowest BCUT2D eigenvalue weighted by molar-refractivity contribution is 0.125. The molecule has 2 aliphatic heterocycles. The average molecular weight is 292 g/mol. The fourth-order valence-electron chi connectivity index (χ4n) is 4.30. The number of hydrogen-bond donors (Lipinski definition) is 1. The van der Waals surface area contributed by atoms with Crippen LogP contribution in [0.4, 0.5) is 0 Å². The molecule has 2 saturated heterocycles. The van der Waals surface area contributed by atoms with Crippen LogP contribution in [0.5, 0.6) is 0 Å². The minimum absolute atomic E-state index is 0.454. The van der Waals surface area contributed by atoms with Crippen LogP contribution in [0.1, 0.15) is 29.9 Å². The van der Waals surface area contributed by atoms with Gasteiger partial charge in [0.15, 0.2) is 0 Å². The summed E-state index contributed by atoms with van der Waals surface area (Å²) in [5.41, 5.74) is 2.88. The summed E-state index contributed by atoms with van der Waals surface area (Å²) >= 11 is 0. The molecular formula is C20H24N2. The molecule has 4 rings (SSSR count). The molecular weight excluding hydrogens is 268 g/mol. The van der Waals surface area contributed by atoms with Crippen LogP contribution in [0.3, 0.4) is 0 Å². The minimum atomic E-state index is 0.454. The lowest BCUT2D eigenvalue weighted by Gasteiger charge is -2.43. The second-order valence-electron chi connectivity index (χ2n) is 6.56. The summed E-state index contributed by atoms with van der Waals surface area (Å²) in [6, 6.07) is 23.4. The van der Waals surface area contributed by atoms with E-state index in [2.05, 4.69) is 70.9 Å². The molecule has 2 heterocycles. The maximum atomic E-state index is 3.68. The second kappa shape index (κ2) is 6.23. The van der Waals surface area contributed by atoms with Gasteiger partial charge in [0.25, 0.3) is 0 Å². The molecule has 2 aromatic carbocycles. The van der Waals surface area contributed by atoms with Crippen molar-refractivity contribution in [3.8, 4) is 0 Å².